The largest absolute Gasteiger partial charge is 0.507 e. The molecule has 6 N–H and O–H groups in total. The summed E-state index contributed by atoms with van der Waals surface area (Å²) in [7, 11) is -1.56. The summed E-state index contributed by atoms with van der Waals surface area (Å²) in [6, 6.07) is 11.7. The van der Waals surface area contributed by atoms with Gasteiger partial charge in [-0.1, -0.05) is 43.8 Å². The third-order valence-corrected chi connectivity index (χ3v) is 5.18. The number of rotatable bonds is 9. The number of ether oxygens (including phenoxy) is 1. The standard InChI is InChI=1S/C21H25BN2O7.CH4/c23-16(10-13-4-2-1-3-5-13)20(26)24-11-15(12-24)31-17-7-6-14(8-9-22(29)30)19(25)18(17)21(27)28;/h1-7,15-16,25,29-30H,8-12,23H2,(H,27,28);1H4/t16-;/m1./s1. The van der Waals surface area contributed by atoms with Crippen molar-refractivity contribution in [2.24, 2.45) is 5.73 Å². The summed E-state index contributed by atoms with van der Waals surface area (Å²) >= 11 is 0. The summed E-state index contributed by atoms with van der Waals surface area (Å²) < 4.78 is 5.71. The van der Waals surface area contributed by atoms with Crippen molar-refractivity contribution in [2.45, 2.75) is 38.7 Å². The molecule has 1 saturated heterocycles. The van der Waals surface area contributed by atoms with Crippen LogP contribution < -0.4 is 10.5 Å². The van der Waals surface area contributed by atoms with Gasteiger partial charge < -0.3 is 35.6 Å². The highest BCUT2D eigenvalue weighted by Crippen LogP contribution is 2.34. The fourth-order valence-corrected chi connectivity index (χ4v) is 3.47. The Labute approximate surface area is 187 Å². The molecule has 32 heavy (non-hydrogen) atoms. The highest BCUT2D eigenvalue weighted by molar-refractivity contribution is 6.41. The molecule has 1 aliphatic heterocycles. The molecule has 2 aromatic carbocycles. The number of amides is 1. The zero-order valence-electron chi connectivity index (χ0n) is 16.8. The van der Waals surface area contributed by atoms with E-state index >= 15 is 0 Å². The number of aromatic carboxylic acids is 1. The lowest BCUT2D eigenvalue weighted by Gasteiger charge is -2.40. The minimum absolute atomic E-state index is 0. The van der Waals surface area contributed by atoms with Crippen molar-refractivity contribution in [3.8, 4) is 11.5 Å². The molecule has 2 aromatic rings. The number of aromatic hydroxyl groups is 1. The smallest absolute Gasteiger partial charge is 0.451 e. The van der Waals surface area contributed by atoms with E-state index in [4.69, 9.17) is 20.5 Å². The molecular weight excluding hydrogens is 415 g/mol. The van der Waals surface area contributed by atoms with Gasteiger partial charge in [-0.15, -0.1) is 0 Å². The number of carbonyl (C=O) groups is 2. The quantitative estimate of drug-likeness (QED) is 0.358. The van der Waals surface area contributed by atoms with Gasteiger partial charge in [0, 0.05) is 0 Å². The Morgan fingerprint density at radius 2 is 1.81 bits per heavy atom. The number of carboxylic acids is 1. The van der Waals surface area contributed by atoms with Gasteiger partial charge in [-0.25, -0.2) is 4.79 Å². The first-order valence-corrected chi connectivity index (χ1v) is 9.95. The van der Waals surface area contributed by atoms with Crippen LogP contribution in [0, 0.1) is 0 Å². The van der Waals surface area contributed by atoms with Gasteiger partial charge in [0.2, 0.25) is 5.91 Å². The lowest BCUT2D eigenvalue weighted by Crippen LogP contribution is -2.60. The number of hydrogen-bond donors (Lipinski definition) is 5. The Kier molecular flexibility index (Phi) is 8.65. The van der Waals surface area contributed by atoms with Crippen molar-refractivity contribution in [2.75, 3.05) is 13.1 Å². The van der Waals surface area contributed by atoms with Gasteiger partial charge in [0.15, 0.2) is 0 Å². The SMILES string of the molecule is C.N[C@H](Cc1ccccc1)C(=O)N1CC(Oc2ccc(CCB(O)O)c(O)c2C(=O)O)C1. The number of carbonyl (C=O) groups excluding carboxylic acids is 1. The number of aryl methyl sites for hydroxylation is 1. The first-order valence-electron chi connectivity index (χ1n) is 9.95. The average Bonchev–Trinajstić information content (AvgIpc) is 2.69. The number of carboxylic acid groups (broad SMARTS) is 1. The Hall–Kier alpha value is -3.08. The maximum absolute atomic E-state index is 12.5. The topological polar surface area (TPSA) is 154 Å². The molecule has 0 unspecified atom stereocenters. The van der Waals surface area contributed by atoms with Crippen molar-refractivity contribution >= 4 is 19.0 Å². The molecule has 10 heteroatoms. The molecule has 0 aromatic heterocycles. The van der Waals surface area contributed by atoms with Crippen molar-refractivity contribution in [3.05, 3.63) is 59.2 Å². The number of nitrogens with two attached hydrogens (primary N) is 1. The normalized spacial score (nSPS) is 14.2. The number of hydrogen-bond acceptors (Lipinski definition) is 7. The molecular formula is C22H29BN2O7. The van der Waals surface area contributed by atoms with Crippen LogP contribution in [0.3, 0.4) is 0 Å². The molecule has 0 saturated carbocycles. The third kappa shape index (κ3) is 6.00. The van der Waals surface area contributed by atoms with Crippen molar-refractivity contribution < 1.29 is 34.6 Å². The van der Waals surface area contributed by atoms with Gasteiger partial charge in [0.05, 0.1) is 19.1 Å². The Bertz CT molecular complexity index is 933. The van der Waals surface area contributed by atoms with E-state index in [0.717, 1.165) is 5.56 Å². The van der Waals surface area contributed by atoms with Crippen LogP contribution in [0.5, 0.6) is 11.5 Å². The predicted molar refractivity (Wildman–Crippen MR) is 120 cm³/mol. The minimum atomic E-state index is -1.56. The van der Waals surface area contributed by atoms with E-state index < -0.39 is 36.5 Å². The molecule has 3 rings (SSSR count). The Morgan fingerprint density at radius 3 is 2.41 bits per heavy atom. The lowest BCUT2D eigenvalue weighted by molar-refractivity contribution is -0.141. The minimum Gasteiger partial charge on any atom is -0.507 e. The molecule has 172 valence electrons. The van der Waals surface area contributed by atoms with Gasteiger partial charge in [-0.2, -0.15) is 0 Å². The van der Waals surface area contributed by atoms with Crippen LogP contribution in [-0.4, -0.2) is 69.4 Å². The maximum Gasteiger partial charge on any atom is 0.451 e. The van der Waals surface area contributed by atoms with Crippen molar-refractivity contribution in [3.63, 3.8) is 0 Å². The second-order valence-electron chi connectivity index (χ2n) is 7.55. The van der Waals surface area contributed by atoms with Crippen LogP contribution in [0.1, 0.15) is 28.9 Å². The van der Waals surface area contributed by atoms with E-state index in [1.807, 2.05) is 30.3 Å². The molecule has 1 aliphatic rings. The van der Waals surface area contributed by atoms with E-state index in [1.54, 1.807) is 4.90 Å². The van der Waals surface area contributed by atoms with Gasteiger partial charge in [-0.3, -0.25) is 4.79 Å². The molecule has 1 amide bonds. The van der Waals surface area contributed by atoms with Crippen molar-refractivity contribution in [1.29, 1.82) is 0 Å². The summed E-state index contributed by atoms with van der Waals surface area (Å²) in [6.45, 7) is 0.527. The number of benzene rings is 2. The fraction of sp³-hybridized carbons (Fsp3) is 0.364. The molecule has 0 bridgehead atoms. The highest BCUT2D eigenvalue weighted by Gasteiger charge is 2.35. The van der Waals surface area contributed by atoms with Gasteiger partial charge >= 0.3 is 13.1 Å². The Balaban J connectivity index is 0.00000363. The molecule has 0 aliphatic carbocycles. The number of likely N-dealkylation sites (tertiary alicyclic amines) is 1. The summed E-state index contributed by atoms with van der Waals surface area (Å²) in [5.74, 6) is -2.05. The van der Waals surface area contributed by atoms with Crippen LogP contribution in [0.25, 0.3) is 0 Å². The lowest BCUT2D eigenvalue weighted by atomic mass is 9.82. The second-order valence-corrected chi connectivity index (χ2v) is 7.55. The molecule has 9 nitrogen and oxygen atoms in total. The molecule has 0 spiro atoms. The van der Waals surface area contributed by atoms with Crippen LogP contribution >= 0.6 is 0 Å². The fourth-order valence-electron chi connectivity index (χ4n) is 3.47. The average molecular weight is 444 g/mol. The van der Waals surface area contributed by atoms with Gasteiger partial charge in [0.25, 0.3) is 0 Å². The zero-order chi connectivity index (χ0) is 22.5. The first-order chi connectivity index (χ1) is 14.8. The number of phenols is 1. The molecule has 1 atom stereocenters. The van der Waals surface area contributed by atoms with E-state index in [0.29, 0.717) is 6.42 Å². The van der Waals surface area contributed by atoms with Crippen LogP contribution in [0.4, 0.5) is 0 Å². The molecule has 1 heterocycles. The predicted octanol–water partition coefficient (Wildman–Crippen LogP) is 0.901. The summed E-state index contributed by atoms with van der Waals surface area (Å²) in [6.07, 6.45) is 0.0450. The van der Waals surface area contributed by atoms with E-state index in [1.165, 1.54) is 12.1 Å². The van der Waals surface area contributed by atoms with Gasteiger partial charge in [0.1, 0.15) is 23.2 Å². The van der Waals surface area contributed by atoms with Crippen molar-refractivity contribution in [1.82, 2.24) is 4.90 Å². The first kappa shape index (κ1) is 25.2. The zero-order valence-corrected chi connectivity index (χ0v) is 16.8. The summed E-state index contributed by atoms with van der Waals surface area (Å²) in [4.78, 5) is 25.7. The summed E-state index contributed by atoms with van der Waals surface area (Å²) in [5.41, 5.74) is 6.87. The monoisotopic (exact) mass is 444 g/mol. The number of nitrogens with zero attached hydrogens (tertiary/aromatic N) is 1. The van der Waals surface area contributed by atoms with E-state index in [9.17, 15) is 19.8 Å². The van der Waals surface area contributed by atoms with Crippen LogP contribution in [0.15, 0.2) is 42.5 Å². The molecule has 1 fully saturated rings. The van der Waals surface area contributed by atoms with E-state index in [-0.39, 0.29) is 50.5 Å². The Morgan fingerprint density at radius 1 is 1.16 bits per heavy atom. The van der Waals surface area contributed by atoms with E-state index in [2.05, 4.69) is 0 Å². The second kappa shape index (κ2) is 11.0. The van der Waals surface area contributed by atoms with Crippen LogP contribution in [-0.2, 0) is 17.6 Å². The summed E-state index contributed by atoms with van der Waals surface area (Å²) in [5, 5.41) is 37.7. The van der Waals surface area contributed by atoms with Crippen LogP contribution in [0.2, 0.25) is 6.32 Å². The maximum atomic E-state index is 12.5. The van der Waals surface area contributed by atoms with Gasteiger partial charge in [-0.05, 0) is 36.4 Å². The third-order valence-electron chi connectivity index (χ3n) is 5.18. The molecule has 0 radical (unpaired) electrons. The highest BCUT2D eigenvalue weighted by atomic mass is 16.5.